The van der Waals surface area contributed by atoms with Gasteiger partial charge in [-0.3, -0.25) is 9.89 Å². The summed E-state index contributed by atoms with van der Waals surface area (Å²) in [5, 5.41) is 16.3. The number of aromatic amines is 1. The molecule has 0 saturated carbocycles. The number of nitrogens with one attached hydrogen (secondary N) is 1. The maximum atomic E-state index is 12.9. The maximum absolute atomic E-state index is 12.9. The van der Waals surface area contributed by atoms with Crippen molar-refractivity contribution in [3.63, 3.8) is 0 Å². The molecule has 0 bridgehead atoms. The van der Waals surface area contributed by atoms with Gasteiger partial charge in [0.1, 0.15) is 17.6 Å². The van der Waals surface area contributed by atoms with Crippen LogP contribution in [0.5, 0.6) is 5.75 Å². The number of rotatable bonds is 6. The summed E-state index contributed by atoms with van der Waals surface area (Å²) in [4.78, 5) is 32.4. The summed E-state index contributed by atoms with van der Waals surface area (Å²) < 4.78 is 5.64. The minimum Gasteiger partial charge on any atom is -0.484 e. The average Bonchev–Trinajstić information content (AvgIpc) is 3.28. The zero-order chi connectivity index (χ0) is 21.8. The lowest BCUT2D eigenvalue weighted by atomic mass is 10.1. The van der Waals surface area contributed by atoms with Gasteiger partial charge in [-0.1, -0.05) is 30.3 Å². The topological polar surface area (TPSA) is 112 Å². The summed E-state index contributed by atoms with van der Waals surface area (Å²) >= 11 is 0. The van der Waals surface area contributed by atoms with E-state index in [0.717, 1.165) is 6.54 Å². The lowest BCUT2D eigenvalue weighted by Crippen LogP contribution is -2.50. The highest BCUT2D eigenvalue weighted by atomic mass is 16.5. The van der Waals surface area contributed by atoms with Crippen LogP contribution in [0.4, 0.5) is 0 Å². The Hall–Kier alpha value is -3.72. The van der Waals surface area contributed by atoms with Gasteiger partial charge >= 0.3 is 5.97 Å². The summed E-state index contributed by atoms with van der Waals surface area (Å²) in [6.45, 7) is 1.87. The number of aromatic carboxylic acids is 1. The number of hydrogen-bond acceptors (Lipinski definition) is 6. The van der Waals surface area contributed by atoms with Crippen molar-refractivity contribution in [1.82, 2.24) is 25.0 Å². The van der Waals surface area contributed by atoms with Crippen LogP contribution in [0.3, 0.4) is 0 Å². The van der Waals surface area contributed by atoms with Crippen molar-refractivity contribution in [3.05, 3.63) is 66.0 Å². The molecule has 4 rings (SSSR count). The molecule has 0 aliphatic carbocycles. The van der Waals surface area contributed by atoms with Crippen molar-refractivity contribution in [2.24, 2.45) is 0 Å². The zero-order valence-corrected chi connectivity index (χ0v) is 17.1. The Morgan fingerprint density at radius 3 is 2.58 bits per heavy atom. The van der Waals surface area contributed by atoms with Crippen molar-refractivity contribution in [2.45, 2.75) is 6.04 Å². The lowest BCUT2D eigenvalue weighted by molar-refractivity contribution is -0.138. The Balaban J connectivity index is 1.50. The van der Waals surface area contributed by atoms with Gasteiger partial charge < -0.3 is 19.6 Å². The van der Waals surface area contributed by atoms with E-state index in [1.165, 1.54) is 12.1 Å². The summed E-state index contributed by atoms with van der Waals surface area (Å²) in [5.74, 6) is 0.573. The quantitative estimate of drug-likeness (QED) is 0.627. The molecular formula is C22H23N5O4. The number of carboxylic acids is 1. The highest BCUT2D eigenvalue weighted by Gasteiger charge is 2.33. The van der Waals surface area contributed by atoms with Crippen LogP contribution in [0, 0.1) is 0 Å². The number of hydrogen-bond donors (Lipinski definition) is 2. The first-order valence-electron chi connectivity index (χ1n) is 9.93. The van der Waals surface area contributed by atoms with Gasteiger partial charge in [0, 0.05) is 25.2 Å². The molecule has 1 atom stereocenters. The Morgan fingerprint density at radius 2 is 1.87 bits per heavy atom. The first kappa shape index (κ1) is 20.5. The van der Waals surface area contributed by atoms with Gasteiger partial charge in [0.15, 0.2) is 12.4 Å². The zero-order valence-electron chi connectivity index (χ0n) is 17.1. The summed E-state index contributed by atoms with van der Waals surface area (Å²) in [6, 6.07) is 15.3. The molecule has 9 nitrogen and oxygen atoms in total. The Labute approximate surface area is 179 Å². The number of H-pyrrole nitrogens is 1. The Bertz CT molecular complexity index is 1050. The highest BCUT2D eigenvalue weighted by molar-refractivity contribution is 5.88. The second-order valence-corrected chi connectivity index (χ2v) is 7.39. The van der Waals surface area contributed by atoms with Crippen molar-refractivity contribution >= 4 is 11.9 Å². The highest BCUT2D eigenvalue weighted by Crippen LogP contribution is 2.25. The molecule has 31 heavy (non-hydrogen) atoms. The molecule has 2 aromatic carbocycles. The van der Waals surface area contributed by atoms with E-state index in [4.69, 9.17) is 9.84 Å². The van der Waals surface area contributed by atoms with Crippen molar-refractivity contribution in [1.29, 1.82) is 0 Å². The molecule has 1 aliphatic rings. The van der Waals surface area contributed by atoms with Crippen LogP contribution in [0.2, 0.25) is 0 Å². The van der Waals surface area contributed by atoms with Crippen molar-refractivity contribution < 1.29 is 19.4 Å². The lowest BCUT2D eigenvalue weighted by Gasteiger charge is -2.38. The van der Waals surface area contributed by atoms with E-state index in [2.05, 4.69) is 20.1 Å². The Kier molecular flexibility index (Phi) is 5.94. The number of aromatic nitrogens is 3. The van der Waals surface area contributed by atoms with Crippen LogP contribution < -0.4 is 4.74 Å². The summed E-state index contributed by atoms with van der Waals surface area (Å²) in [5.41, 5.74) is 0.894. The molecule has 1 aromatic heterocycles. The fourth-order valence-electron chi connectivity index (χ4n) is 3.51. The maximum Gasteiger partial charge on any atom is 0.335 e. The monoisotopic (exact) mass is 421 g/mol. The van der Waals surface area contributed by atoms with Crippen LogP contribution in [-0.2, 0) is 4.79 Å². The van der Waals surface area contributed by atoms with E-state index in [1.54, 1.807) is 17.0 Å². The third kappa shape index (κ3) is 4.72. The summed E-state index contributed by atoms with van der Waals surface area (Å²) in [7, 11) is 2.00. The van der Waals surface area contributed by atoms with Gasteiger partial charge in [0.25, 0.3) is 5.91 Å². The first-order chi connectivity index (χ1) is 15.0. The second kappa shape index (κ2) is 8.97. The Morgan fingerprint density at radius 1 is 1.13 bits per heavy atom. The normalized spacial score (nSPS) is 16.8. The number of carbonyl (C=O) groups is 2. The standard InChI is InChI=1S/C22H23N5O4/c1-26-11-12-27(19(28)14-31-17-5-3-2-4-6-17)18(13-26)21-23-20(24-25-21)15-7-9-16(10-8-15)22(29)30/h2-10,18H,11-14H2,1H3,(H,29,30)(H,23,24,25)/t18-/m1/s1. The predicted octanol–water partition coefficient (Wildman–Crippen LogP) is 2.06. The molecule has 3 aromatic rings. The second-order valence-electron chi connectivity index (χ2n) is 7.39. The molecule has 9 heteroatoms. The minimum absolute atomic E-state index is 0.0537. The van der Waals surface area contributed by atoms with E-state index in [0.29, 0.717) is 36.1 Å². The third-order valence-electron chi connectivity index (χ3n) is 5.22. The number of ether oxygens (including phenoxy) is 1. The van der Waals surface area contributed by atoms with E-state index < -0.39 is 5.97 Å². The largest absolute Gasteiger partial charge is 0.484 e. The number of carbonyl (C=O) groups excluding carboxylic acids is 1. The number of piperazine rings is 1. The van der Waals surface area contributed by atoms with Gasteiger partial charge in [0.05, 0.1) is 5.56 Å². The molecule has 1 saturated heterocycles. The molecule has 0 unspecified atom stereocenters. The molecule has 1 amide bonds. The molecule has 1 aliphatic heterocycles. The van der Waals surface area contributed by atoms with Gasteiger partial charge in [-0.15, -0.1) is 0 Å². The number of benzene rings is 2. The number of carboxylic acid groups (broad SMARTS) is 1. The number of nitrogens with zero attached hydrogens (tertiary/aromatic N) is 4. The smallest absolute Gasteiger partial charge is 0.335 e. The van der Waals surface area contributed by atoms with Crippen LogP contribution in [0.15, 0.2) is 54.6 Å². The minimum atomic E-state index is -0.987. The predicted molar refractivity (Wildman–Crippen MR) is 113 cm³/mol. The van der Waals surface area contributed by atoms with Crippen LogP contribution in [0.25, 0.3) is 11.4 Å². The van der Waals surface area contributed by atoms with Crippen molar-refractivity contribution in [3.8, 4) is 17.1 Å². The average molecular weight is 421 g/mol. The van der Waals surface area contributed by atoms with E-state index in [-0.39, 0.29) is 24.1 Å². The van der Waals surface area contributed by atoms with E-state index in [9.17, 15) is 9.59 Å². The van der Waals surface area contributed by atoms with Gasteiger partial charge in [-0.2, -0.15) is 5.10 Å². The fourth-order valence-corrected chi connectivity index (χ4v) is 3.51. The number of amides is 1. The van der Waals surface area contributed by atoms with E-state index >= 15 is 0 Å². The van der Waals surface area contributed by atoms with E-state index in [1.807, 2.05) is 37.4 Å². The summed E-state index contributed by atoms with van der Waals surface area (Å²) in [6.07, 6.45) is 0. The van der Waals surface area contributed by atoms with Gasteiger partial charge in [0.2, 0.25) is 0 Å². The molecule has 1 fully saturated rings. The van der Waals surface area contributed by atoms with Gasteiger partial charge in [-0.05, 0) is 31.3 Å². The molecule has 2 N–H and O–H groups in total. The molecule has 160 valence electrons. The van der Waals surface area contributed by atoms with Crippen LogP contribution >= 0.6 is 0 Å². The molecule has 0 radical (unpaired) electrons. The third-order valence-corrected chi connectivity index (χ3v) is 5.22. The SMILES string of the molecule is CN1CCN(C(=O)COc2ccccc2)[C@@H](c2nc(-c3ccc(C(=O)O)cc3)n[nH]2)C1. The van der Waals surface area contributed by atoms with Crippen molar-refractivity contribution in [2.75, 3.05) is 33.3 Å². The molecule has 2 heterocycles. The fraction of sp³-hybridized carbons (Fsp3) is 0.273. The van der Waals surface area contributed by atoms with Crippen LogP contribution in [-0.4, -0.2) is 75.3 Å². The molecule has 0 spiro atoms. The van der Waals surface area contributed by atoms with Crippen LogP contribution in [0.1, 0.15) is 22.2 Å². The first-order valence-corrected chi connectivity index (χ1v) is 9.93. The number of likely N-dealkylation sites (N-methyl/N-ethyl adjacent to an activating group) is 1. The number of para-hydroxylation sites is 1. The molecular weight excluding hydrogens is 398 g/mol. The van der Waals surface area contributed by atoms with Gasteiger partial charge in [-0.25, -0.2) is 9.78 Å².